The Labute approximate surface area is 138 Å². The third-order valence-corrected chi connectivity index (χ3v) is 3.98. The van der Waals surface area contributed by atoms with Crippen molar-refractivity contribution in [1.82, 2.24) is 15.2 Å². The molecule has 0 bridgehead atoms. The Morgan fingerprint density at radius 2 is 2.35 bits per heavy atom. The summed E-state index contributed by atoms with van der Waals surface area (Å²) in [6.45, 7) is 7.21. The zero-order valence-corrected chi connectivity index (χ0v) is 14.1. The number of aromatic nitrogens is 1. The van der Waals surface area contributed by atoms with Gasteiger partial charge in [-0.15, -0.1) is 0 Å². The molecule has 0 spiro atoms. The molecule has 1 atom stereocenters. The molecule has 1 amide bonds. The summed E-state index contributed by atoms with van der Waals surface area (Å²) in [4.78, 5) is 22.6. The Morgan fingerprint density at radius 1 is 1.52 bits per heavy atom. The molecule has 3 N–H and O–H groups in total. The SMILES string of the molecule is CCNC(=NCc1cccc(C)n1)N1CCCC(CC(N)=O)C1. The smallest absolute Gasteiger partial charge is 0.217 e. The van der Waals surface area contributed by atoms with Crippen LogP contribution in [0.2, 0.25) is 0 Å². The minimum atomic E-state index is -0.220. The van der Waals surface area contributed by atoms with Crippen LogP contribution in [0.4, 0.5) is 0 Å². The molecule has 2 heterocycles. The number of guanidine groups is 1. The highest BCUT2D eigenvalue weighted by Gasteiger charge is 2.23. The molecule has 1 saturated heterocycles. The van der Waals surface area contributed by atoms with E-state index in [0.717, 1.165) is 49.8 Å². The normalized spacial score (nSPS) is 18.8. The van der Waals surface area contributed by atoms with Crippen LogP contribution in [0.25, 0.3) is 0 Å². The Hall–Kier alpha value is -2.11. The quantitative estimate of drug-likeness (QED) is 0.636. The van der Waals surface area contributed by atoms with E-state index in [1.807, 2.05) is 25.1 Å². The number of carbonyl (C=O) groups excluding carboxylic acids is 1. The second kappa shape index (κ2) is 8.50. The lowest BCUT2D eigenvalue weighted by atomic mass is 9.95. The van der Waals surface area contributed by atoms with E-state index in [4.69, 9.17) is 10.7 Å². The highest BCUT2D eigenvalue weighted by Crippen LogP contribution is 2.19. The average molecular weight is 317 g/mol. The number of pyridine rings is 1. The van der Waals surface area contributed by atoms with Crippen molar-refractivity contribution in [3.8, 4) is 0 Å². The van der Waals surface area contributed by atoms with Crippen LogP contribution in [0.15, 0.2) is 23.2 Å². The molecule has 0 aromatic carbocycles. The Balaban J connectivity index is 2.04. The number of hydrogen-bond acceptors (Lipinski definition) is 3. The van der Waals surface area contributed by atoms with Gasteiger partial charge in [-0.1, -0.05) is 6.07 Å². The van der Waals surface area contributed by atoms with Crippen LogP contribution in [-0.2, 0) is 11.3 Å². The van der Waals surface area contributed by atoms with Crippen molar-refractivity contribution in [2.75, 3.05) is 19.6 Å². The lowest BCUT2D eigenvalue weighted by molar-refractivity contribution is -0.119. The van der Waals surface area contributed by atoms with Gasteiger partial charge >= 0.3 is 0 Å². The number of amides is 1. The molecule has 6 nitrogen and oxygen atoms in total. The van der Waals surface area contributed by atoms with Crippen molar-refractivity contribution >= 4 is 11.9 Å². The van der Waals surface area contributed by atoms with Gasteiger partial charge < -0.3 is 16.0 Å². The van der Waals surface area contributed by atoms with E-state index in [1.54, 1.807) is 0 Å². The summed E-state index contributed by atoms with van der Waals surface area (Å²) in [6.07, 6.45) is 2.57. The Kier molecular flexibility index (Phi) is 6.38. The van der Waals surface area contributed by atoms with Gasteiger partial charge in [0.15, 0.2) is 5.96 Å². The number of nitrogens with one attached hydrogen (secondary N) is 1. The Bertz CT molecular complexity index is 558. The van der Waals surface area contributed by atoms with Crippen molar-refractivity contribution in [2.45, 2.75) is 39.7 Å². The summed E-state index contributed by atoms with van der Waals surface area (Å²) >= 11 is 0. The van der Waals surface area contributed by atoms with Crippen LogP contribution in [0, 0.1) is 12.8 Å². The summed E-state index contributed by atoms with van der Waals surface area (Å²) in [5.41, 5.74) is 7.31. The predicted octanol–water partition coefficient (Wildman–Crippen LogP) is 1.44. The second-order valence-electron chi connectivity index (χ2n) is 6.07. The molecule has 0 radical (unpaired) electrons. The van der Waals surface area contributed by atoms with Crippen LogP contribution >= 0.6 is 0 Å². The number of aliphatic imine (C=N–C) groups is 1. The number of carbonyl (C=O) groups is 1. The van der Waals surface area contributed by atoms with E-state index in [0.29, 0.717) is 18.9 Å². The standard InChI is InChI=1S/C17H27N5O/c1-3-19-17(20-11-15-8-4-6-13(2)21-15)22-9-5-7-14(12-22)10-16(18)23/h4,6,8,14H,3,5,7,9-12H2,1-2H3,(H2,18,23)(H,19,20). The van der Waals surface area contributed by atoms with Gasteiger partial charge in [-0.05, 0) is 44.7 Å². The largest absolute Gasteiger partial charge is 0.370 e. The first-order valence-electron chi connectivity index (χ1n) is 8.32. The van der Waals surface area contributed by atoms with E-state index in [-0.39, 0.29) is 5.91 Å². The first kappa shape index (κ1) is 17.2. The predicted molar refractivity (Wildman–Crippen MR) is 91.9 cm³/mol. The molecule has 2 rings (SSSR count). The number of nitrogens with zero attached hydrogens (tertiary/aromatic N) is 3. The second-order valence-corrected chi connectivity index (χ2v) is 6.07. The third kappa shape index (κ3) is 5.54. The number of nitrogens with two attached hydrogens (primary N) is 1. The monoisotopic (exact) mass is 317 g/mol. The molecule has 1 fully saturated rings. The molecule has 6 heteroatoms. The van der Waals surface area contributed by atoms with Gasteiger partial charge in [0.2, 0.25) is 5.91 Å². The van der Waals surface area contributed by atoms with Crippen molar-refractivity contribution in [3.05, 3.63) is 29.6 Å². The molecule has 126 valence electrons. The van der Waals surface area contributed by atoms with E-state index in [2.05, 4.69) is 22.1 Å². The van der Waals surface area contributed by atoms with E-state index in [9.17, 15) is 4.79 Å². The summed E-state index contributed by atoms with van der Waals surface area (Å²) in [7, 11) is 0. The van der Waals surface area contributed by atoms with Crippen molar-refractivity contribution in [1.29, 1.82) is 0 Å². The molecule has 1 aromatic heterocycles. The van der Waals surface area contributed by atoms with Crippen molar-refractivity contribution in [3.63, 3.8) is 0 Å². The summed E-state index contributed by atoms with van der Waals surface area (Å²) in [5, 5.41) is 3.34. The van der Waals surface area contributed by atoms with Gasteiger partial charge in [-0.25, -0.2) is 4.99 Å². The molecule has 1 aromatic rings. The lowest BCUT2D eigenvalue weighted by Gasteiger charge is -2.34. The molecule has 23 heavy (non-hydrogen) atoms. The van der Waals surface area contributed by atoms with Gasteiger partial charge in [-0.2, -0.15) is 0 Å². The molecular formula is C17H27N5O. The maximum absolute atomic E-state index is 11.2. The van der Waals surface area contributed by atoms with Gasteiger partial charge in [0.05, 0.1) is 12.2 Å². The maximum atomic E-state index is 11.2. The van der Waals surface area contributed by atoms with Crippen molar-refractivity contribution in [2.24, 2.45) is 16.6 Å². The topological polar surface area (TPSA) is 83.6 Å². The van der Waals surface area contributed by atoms with Crippen LogP contribution in [-0.4, -0.2) is 41.4 Å². The fourth-order valence-electron chi connectivity index (χ4n) is 2.98. The van der Waals surface area contributed by atoms with Crippen molar-refractivity contribution < 1.29 is 4.79 Å². The van der Waals surface area contributed by atoms with Gasteiger partial charge in [-0.3, -0.25) is 9.78 Å². The highest BCUT2D eigenvalue weighted by atomic mass is 16.1. The lowest BCUT2D eigenvalue weighted by Crippen LogP contribution is -2.47. The van der Waals surface area contributed by atoms with Gasteiger partial charge in [0.25, 0.3) is 0 Å². The van der Waals surface area contributed by atoms with E-state index >= 15 is 0 Å². The van der Waals surface area contributed by atoms with Crippen LogP contribution < -0.4 is 11.1 Å². The summed E-state index contributed by atoms with van der Waals surface area (Å²) in [5.74, 6) is 0.995. The average Bonchev–Trinajstić information content (AvgIpc) is 2.51. The van der Waals surface area contributed by atoms with Crippen LogP contribution in [0.1, 0.15) is 37.6 Å². The van der Waals surface area contributed by atoms with Crippen LogP contribution in [0.3, 0.4) is 0 Å². The summed E-state index contributed by atoms with van der Waals surface area (Å²) < 4.78 is 0. The zero-order chi connectivity index (χ0) is 16.7. The fraction of sp³-hybridized carbons (Fsp3) is 0.588. The number of piperidine rings is 1. The molecule has 1 aliphatic heterocycles. The zero-order valence-electron chi connectivity index (χ0n) is 14.1. The van der Waals surface area contributed by atoms with Gasteiger partial charge in [0, 0.05) is 31.7 Å². The van der Waals surface area contributed by atoms with Gasteiger partial charge in [0.1, 0.15) is 0 Å². The molecule has 1 aliphatic rings. The summed E-state index contributed by atoms with van der Waals surface area (Å²) in [6, 6.07) is 5.98. The highest BCUT2D eigenvalue weighted by molar-refractivity contribution is 5.80. The first-order valence-corrected chi connectivity index (χ1v) is 8.32. The molecule has 0 aliphatic carbocycles. The number of primary amides is 1. The number of aryl methyl sites for hydroxylation is 1. The number of hydrogen-bond donors (Lipinski definition) is 2. The minimum absolute atomic E-state index is 0.220. The number of likely N-dealkylation sites (tertiary alicyclic amines) is 1. The molecular weight excluding hydrogens is 290 g/mol. The first-order chi connectivity index (χ1) is 11.1. The number of rotatable bonds is 5. The maximum Gasteiger partial charge on any atom is 0.217 e. The van der Waals surface area contributed by atoms with E-state index < -0.39 is 0 Å². The van der Waals surface area contributed by atoms with E-state index in [1.165, 1.54) is 0 Å². The molecule has 1 unspecified atom stereocenters. The molecule has 0 saturated carbocycles. The minimum Gasteiger partial charge on any atom is -0.370 e. The fourth-order valence-corrected chi connectivity index (χ4v) is 2.98. The third-order valence-electron chi connectivity index (χ3n) is 3.98. The van der Waals surface area contributed by atoms with Crippen LogP contribution in [0.5, 0.6) is 0 Å². The Morgan fingerprint density at radius 3 is 3.04 bits per heavy atom.